The maximum Gasteiger partial charge on any atom is 0.407 e. The summed E-state index contributed by atoms with van der Waals surface area (Å²) in [6, 6.07) is 30.9. The minimum atomic E-state index is -1.49. The molecule has 0 saturated heterocycles. The number of esters is 1. The van der Waals surface area contributed by atoms with Crippen LogP contribution in [0, 0.1) is 0 Å². The number of fused-ring (bicyclic) bond motifs is 3. The van der Waals surface area contributed by atoms with Crippen LogP contribution in [-0.2, 0) is 41.8 Å². The number of benzene rings is 4. The van der Waals surface area contributed by atoms with E-state index in [0.29, 0.717) is 0 Å². The molecule has 1 aliphatic carbocycles. The van der Waals surface area contributed by atoms with Crippen molar-refractivity contribution in [3.05, 3.63) is 131 Å². The van der Waals surface area contributed by atoms with E-state index in [1.807, 2.05) is 84.9 Å². The van der Waals surface area contributed by atoms with Gasteiger partial charge >= 0.3 is 18.0 Å². The minimum absolute atomic E-state index is 0.0191. The topological polar surface area (TPSA) is 140 Å². The van der Waals surface area contributed by atoms with Crippen molar-refractivity contribution in [3.8, 4) is 11.1 Å². The molecule has 47 heavy (non-hydrogen) atoms. The average Bonchev–Trinajstić information content (AvgIpc) is 3.41. The molecule has 0 fully saturated rings. The maximum absolute atomic E-state index is 13.5. The number of amides is 2. The van der Waals surface area contributed by atoms with Crippen LogP contribution in [0.2, 0.25) is 0 Å². The van der Waals surface area contributed by atoms with Gasteiger partial charge in [-0.15, -0.1) is 0 Å². The third-order valence-corrected chi connectivity index (χ3v) is 7.95. The van der Waals surface area contributed by atoms with Gasteiger partial charge in [-0.25, -0.2) is 9.59 Å². The number of aliphatic carboxylic acids is 1. The van der Waals surface area contributed by atoms with Crippen LogP contribution in [0.15, 0.2) is 109 Å². The summed E-state index contributed by atoms with van der Waals surface area (Å²) in [5.74, 6) is -3.24. The van der Waals surface area contributed by atoms with Gasteiger partial charge in [0.25, 0.3) is 0 Å². The molecule has 3 N–H and O–H groups in total. The fourth-order valence-corrected chi connectivity index (χ4v) is 5.49. The van der Waals surface area contributed by atoms with Gasteiger partial charge in [0, 0.05) is 5.92 Å². The molecule has 2 amide bonds. The molecule has 0 radical (unpaired) electrons. The van der Waals surface area contributed by atoms with Gasteiger partial charge in [-0.2, -0.15) is 0 Å². The van der Waals surface area contributed by atoms with Crippen molar-refractivity contribution in [2.45, 2.75) is 50.7 Å². The Bertz CT molecular complexity index is 1650. The Morgan fingerprint density at radius 3 is 1.81 bits per heavy atom. The molecule has 0 aromatic heterocycles. The van der Waals surface area contributed by atoms with Gasteiger partial charge < -0.3 is 30.0 Å². The summed E-state index contributed by atoms with van der Waals surface area (Å²) in [5, 5.41) is 14.8. The van der Waals surface area contributed by atoms with Crippen LogP contribution < -0.4 is 10.6 Å². The molecule has 242 valence electrons. The molecular weight excluding hydrogens is 600 g/mol. The third kappa shape index (κ3) is 8.62. The average molecular weight is 637 g/mol. The molecule has 0 saturated carbocycles. The molecule has 5 rings (SSSR count). The molecule has 10 heteroatoms. The quantitative estimate of drug-likeness (QED) is 0.161. The van der Waals surface area contributed by atoms with Crippen LogP contribution >= 0.6 is 0 Å². The number of rotatable bonds is 14. The first-order chi connectivity index (χ1) is 22.8. The van der Waals surface area contributed by atoms with Crippen molar-refractivity contribution < 1.29 is 38.5 Å². The van der Waals surface area contributed by atoms with Crippen molar-refractivity contribution in [1.82, 2.24) is 10.6 Å². The van der Waals surface area contributed by atoms with E-state index in [-0.39, 0.29) is 25.7 Å². The highest BCUT2D eigenvalue weighted by atomic mass is 16.6. The van der Waals surface area contributed by atoms with Gasteiger partial charge in [0.2, 0.25) is 5.91 Å². The number of hydrogen-bond acceptors (Lipinski definition) is 7. The van der Waals surface area contributed by atoms with Gasteiger partial charge in [0.05, 0.1) is 19.1 Å². The Morgan fingerprint density at radius 2 is 1.23 bits per heavy atom. The second kappa shape index (κ2) is 15.7. The Hall–Kier alpha value is -5.48. The zero-order valence-electron chi connectivity index (χ0n) is 25.8. The number of alkyl carbamates (subject to hydrolysis) is 1. The zero-order valence-corrected chi connectivity index (χ0v) is 25.8. The van der Waals surface area contributed by atoms with Crippen molar-refractivity contribution in [1.29, 1.82) is 0 Å². The van der Waals surface area contributed by atoms with E-state index in [1.165, 1.54) is 6.92 Å². The van der Waals surface area contributed by atoms with Crippen LogP contribution in [0.5, 0.6) is 0 Å². The zero-order chi connectivity index (χ0) is 33.2. The molecular formula is C37H36N2O8. The summed E-state index contributed by atoms with van der Waals surface area (Å²) in [6.07, 6.45) is -2.45. The summed E-state index contributed by atoms with van der Waals surface area (Å²) in [6.45, 7) is 1.58. The van der Waals surface area contributed by atoms with E-state index in [4.69, 9.17) is 14.2 Å². The lowest BCUT2D eigenvalue weighted by molar-refractivity contribution is -0.148. The predicted octanol–water partition coefficient (Wildman–Crippen LogP) is 5.20. The highest BCUT2D eigenvalue weighted by Gasteiger charge is 2.34. The lowest BCUT2D eigenvalue weighted by Gasteiger charge is -2.25. The summed E-state index contributed by atoms with van der Waals surface area (Å²) < 4.78 is 16.7. The van der Waals surface area contributed by atoms with Crippen LogP contribution in [0.1, 0.15) is 41.5 Å². The number of carboxylic acid groups (broad SMARTS) is 1. The predicted molar refractivity (Wildman–Crippen MR) is 173 cm³/mol. The molecule has 0 heterocycles. The smallest absolute Gasteiger partial charge is 0.407 e. The summed E-state index contributed by atoms with van der Waals surface area (Å²) in [7, 11) is 0. The van der Waals surface area contributed by atoms with Crippen molar-refractivity contribution in [2.75, 3.05) is 6.61 Å². The maximum atomic E-state index is 13.5. The summed E-state index contributed by atoms with van der Waals surface area (Å²) in [4.78, 5) is 51.6. The van der Waals surface area contributed by atoms with Crippen LogP contribution in [0.3, 0.4) is 0 Å². The largest absolute Gasteiger partial charge is 0.480 e. The molecule has 4 aromatic carbocycles. The van der Waals surface area contributed by atoms with E-state index in [1.54, 1.807) is 24.3 Å². The monoisotopic (exact) mass is 636 g/mol. The van der Waals surface area contributed by atoms with E-state index < -0.39 is 48.5 Å². The first-order valence-corrected chi connectivity index (χ1v) is 15.3. The molecule has 10 nitrogen and oxygen atoms in total. The Kier molecular flexibility index (Phi) is 11.0. The minimum Gasteiger partial charge on any atom is -0.480 e. The number of nitrogens with one attached hydrogen (secondary N) is 2. The summed E-state index contributed by atoms with van der Waals surface area (Å²) in [5.41, 5.74) is 5.69. The van der Waals surface area contributed by atoms with Crippen molar-refractivity contribution in [3.63, 3.8) is 0 Å². The number of hydrogen-bond donors (Lipinski definition) is 3. The first kappa shape index (κ1) is 32.9. The second-order valence-electron chi connectivity index (χ2n) is 11.2. The van der Waals surface area contributed by atoms with Crippen molar-refractivity contribution >= 4 is 23.9 Å². The standard InChI is InChI=1S/C37H36N2O8/c1-24(45-21-25-12-4-2-5-13-25)34(36(42)43)39-35(41)32(20-33(40)46-22-26-14-6-3-7-15-26)38-37(44)47-23-31-29-18-10-8-16-27(29)28-17-9-11-19-30(28)31/h2-19,24,31-32,34H,20-23H2,1H3,(H,38,44)(H,39,41)(H,42,43)/t24-,32-,34+/m0/s1. The Balaban J connectivity index is 1.25. The van der Waals surface area contributed by atoms with E-state index in [9.17, 15) is 24.3 Å². The third-order valence-electron chi connectivity index (χ3n) is 7.95. The van der Waals surface area contributed by atoms with Crippen LogP contribution in [-0.4, -0.2) is 53.8 Å². The highest BCUT2D eigenvalue weighted by molar-refractivity contribution is 5.92. The van der Waals surface area contributed by atoms with Crippen molar-refractivity contribution in [2.24, 2.45) is 0 Å². The Morgan fingerprint density at radius 1 is 0.702 bits per heavy atom. The number of carbonyl (C=O) groups is 4. The van der Waals surface area contributed by atoms with Crippen LogP contribution in [0.4, 0.5) is 4.79 Å². The van der Waals surface area contributed by atoms with Crippen LogP contribution in [0.25, 0.3) is 11.1 Å². The SMILES string of the molecule is C[C@H](OCc1ccccc1)[C@@H](NC(=O)[C@H](CC(=O)OCc1ccccc1)NC(=O)OCC1c2ccccc2-c2ccccc21)C(=O)O. The molecule has 0 bridgehead atoms. The van der Waals surface area contributed by atoms with E-state index >= 15 is 0 Å². The normalized spacial score (nSPS) is 13.7. The highest BCUT2D eigenvalue weighted by Crippen LogP contribution is 2.44. The second-order valence-corrected chi connectivity index (χ2v) is 11.2. The molecule has 0 aliphatic heterocycles. The molecule has 0 spiro atoms. The van der Waals surface area contributed by atoms with Gasteiger partial charge in [-0.1, -0.05) is 109 Å². The fourth-order valence-electron chi connectivity index (χ4n) is 5.49. The first-order valence-electron chi connectivity index (χ1n) is 15.3. The summed E-state index contributed by atoms with van der Waals surface area (Å²) >= 11 is 0. The molecule has 0 unspecified atom stereocenters. The Labute approximate surface area is 272 Å². The lowest BCUT2D eigenvalue weighted by atomic mass is 9.98. The molecule has 3 atom stereocenters. The molecule has 4 aromatic rings. The van der Waals surface area contributed by atoms with E-state index in [2.05, 4.69) is 10.6 Å². The van der Waals surface area contributed by atoms with Gasteiger partial charge in [-0.3, -0.25) is 9.59 Å². The molecule has 1 aliphatic rings. The van der Waals surface area contributed by atoms with E-state index in [0.717, 1.165) is 33.4 Å². The number of carbonyl (C=O) groups excluding carboxylic acids is 3. The van der Waals surface area contributed by atoms with Gasteiger partial charge in [0.1, 0.15) is 19.3 Å². The number of carboxylic acids is 1. The number of ether oxygens (including phenoxy) is 3. The fraction of sp³-hybridized carbons (Fsp3) is 0.243. The lowest BCUT2D eigenvalue weighted by Crippen LogP contribution is -2.55. The van der Waals surface area contributed by atoms with Gasteiger partial charge in [-0.05, 0) is 40.3 Å². The van der Waals surface area contributed by atoms with Gasteiger partial charge in [0.15, 0.2) is 6.04 Å².